The number of halogens is 3. The van der Waals surface area contributed by atoms with Gasteiger partial charge in [-0.2, -0.15) is 0 Å². The first-order valence-electron chi connectivity index (χ1n) is 5.48. The minimum absolute atomic E-state index is 0.0193. The highest BCUT2D eigenvalue weighted by atomic mass is 19.1. The number of unbranched alkanes of at least 4 members (excludes halogenated alkanes) is 3. The maximum atomic E-state index is 13.2. The lowest BCUT2D eigenvalue weighted by Gasteiger charge is -2.05. The fraction of sp³-hybridized carbons (Fsp3) is 0.500. The molecule has 1 aromatic carbocycles. The first-order chi connectivity index (χ1) is 7.65. The van der Waals surface area contributed by atoms with Crippen LogP contribution in [0, 0.1) is 17.5 Å². The van der Waals surface area contributed by atoms with E-state index in [1.165, 1.54) is 0 Å². The number of rotatable bonds is 6. The monoisotopic (exact) mass is 231 g/mol. The first-order valence-corrected chi connectivity index (χ1v) is 5.48. The maximum Gasteiger partial charge on any atom is 0.132 e. The molecule has 0 unspecified atom stereocenters. The van der Waals surface area contributed by atoms with E-state index in [0.29, 0.717) is 19.4 Å². The normalized spacial score (nSPS) is 10.8. The molecule has 1 aromatic rings. The molecule has 4 heteroatoms. The predicted molar refractivity (Wildman–Crippen MR) is 57.5 cm³/mol. The second-order valence-electron chi connectivity index (χ2n) is 3.80. The van der Waals surface area contributed by atoms with E-state index in [1.807, 2.05) is 0 Å². The Hall–Kier alpha value is -1.03. The van der Waals surface area contributed by atoms with Crippen molar-refractivity contribution in [3.63, 3.8) is 0 Å². The molecular formula is C12H16F3N. The van der Waals surface area contributed by atoms with Gasteiger partial charge in [-0.1, -0.05) is 12.8 Å². The lowest BCUT2D eigenvalue weighted by atomic mass is 10.0. The molecule has 1 rings (SSSR count). The van der Waals surface area contributed by atoms with Gasteiger partial charge in [-0.05, 0) is 25.8 Å². The third-order valence-corrected chi connectivity index (χ3v) is 2.49. The summed E-state index contributed by atoms with van der Waals surface area (Å²) >= 11 is 0. The van der Waals surface area contributed by atoms with E-state index in [9.17, 15) is 13.2 Å². The lowest BCUT2D eigenvalue weighted by Crippen LogP contribution is -1.99. The molecule has 0 atom stereocenters. The number of hydrogen-bond donors (Lipinski definition) is 1. The largest absolute Gasteiger partial charge is 0.330 e. The Balaban J connectivity index is 2.47. The summed E-state index contributed by atoms with van der Waals surface area (Å²) in [6.07, 6.45) is 3.77. The smallest absolute Gasteiger partial charge is 0.132 e. The summed E-state index contributed by atoms with van der Waals surface area (Å²) in [5.74, 6) is -2.46. The topological polar surface area (TPSA) is 26.0 Å². The summed E-state index contributed by atoms with van der Waals surface area (Å²) in [6.45, 7) is 0.638. The molecule has 0 saturated heterocycles. The van der Waals surface area contributed by atoms with Crippen LogP contribution >= 0.6 is 0 Å². The molecule has 0 aromatic heterocycles. The van der Waals surface area contributed by atoms with Crippen LogP contribution in [0.4, 0.5) is 13.2 Å². The summed E-state index contributed by atoms with van der Waals surface area (Å²) in [5, 5.41) is 0. The van der Waals surface area contributed by atoms with Crippen molar-refractivity contribution >= 4 is 0 Å². The van der Waals surface area contributed by atoms with E-state index in [0.717, 1.165) is 31.4 Å². The summed E-state index contributed by atoms with van der Waals surface area (Å²) in [6, 6.07) is 1.44. The standard InChI is InChI=1S/C12H16F3N/c13-9-7-11(14)10(12(15)8-9)5-3-1-2-4-6-16/h7-8H,1-6,16H2. The minimum Gasteiger partial charge on any atom is -0.330 e. The molecule has 0 radical (unpaired) electrons. The SMILES string of the molecule is NCCCCCCc1c(F)cc(F)cc1F. The average molecular weight is 231 g/mol. The Morgan fingerprint density at radius 3 is 2.00 bits per heavy atom. The van der Waals surface area contributed by atoms with Crippen molar-refractivity contribution in [2.75, 3.05) is 6.54 Å². The van der Waals surface area contributed by atoms with Crippen molar-refractivity contribution in [2.24, 2.45) is 5.73 Å². The van der Waals surface area contributed by atoms with E-state index in [4.69, 9.17) is 5.73 Å². The Morgan fingerprint density at radius 2 is 1.44 bits per heavy atom. The number of nitrogens with two attached hydrogens (primary N) is 1. The molecule has 1 nitrogen and oxygen atoms in total. The fourth-order valence-electron chi connectivity index (χ4n) is 1.61. The van der Waals surface area contributed by atoms with Crippen molar-refractivity contribution in [2.45, 2.75) is 32.1 Å². The van der Waals surface area contributed by atoms with Crippen molar-refractivity contribution in [3.05, 3.63) is 35.1 Å². The summed E-state index contributed by atoms with van der Waals surface area (Å²) in [7, 11) is 0. The lowest BCUT2D eigenvalue weighted by molar-refractivity contribution is 0.515. The van der Waals surface area contributed by atoms with Gasteiger partial charge in [-0.25, -0.2) is 13.2 Å². The van der Waals surface area contributed by atoms with Crippen molar-refractivity contribution < 1.29 is 13.2 Å². The van der Waals surface area contributed by atoms with Gasteiger partial charge >= 0.3 is 0 Å². The van der Waals surface area contributed by atoms with Gasteiger partial charge in [-0.15, -0.1) is 0 Å². The van der Waals surface area contributed by atoms with Crippen LogP contribution in [0.5, 0.6) is 0 Å². The maximum absolute atomic E-state index is 13.2. The van der Waals surface area contributed by atoms with Gasteiger partial charge in [0, 0.05) is 17.7 Å². The molecule has 0 bridgehead atoms. The van der Waals surface area contributed by atoms with Crippen molar-refractivity contribution in [1.82, 2.24) is 0 Å². The van der Waals surface area contributed by atoms with E-state index in [-0.39, 0.29) is 5.56 Å². The molecule has 90 valence electrons. The molecule has 0 spiro atoms. The second kappa shape index (κ2) is 6.53. The van der Waals surface area contributed by atoms with Gasteiger partial charge in [0.15, 0.2) is 0 Å². The van der Waals surface area contributed by atoms with Crippen LogP contribution in [0.3, 0.4) is 0 Å². The molecular weight excluding hydrogens is 215 g/mol. The average Bonchev–Trinajstić information content (AvgIpc) is 2.20. The Bertz CT molecular complexity index is 316. The van der Waals surface area contributed by atoms with Crippen LogP contribution < -0.4 is 5.73 Å². The minimum atomic E-state index is -0.873. The molecule has 0 heterocycles. The van der Waals surface area contributed by atoms with E-state index in [1.54, 1.807) is 0 Å². The van der Waals surface area contributed by atoms with Gasteiger partial charge < -0.3 is 5.73 Å². The molecule has 16 heavy (non-hydrogen) atoms. The van der Waals surface area contributed by atoms with Crippen LogP contribution in [0.1, 0.15) is 31.2 Å². The van der Waals surface area contributed by atoms with Crippen molar-refractivity contribution in [1.29, 1.82) is 0 Å². The zero-order chi connectivity index (χ0) is 12.0. The summed E-state index contributed by atoms with van der Waals surface area (Å²) < 4.78 is 39.0. The summed E-state index contributed by atoms with van der Waals surface area (Å²) in [5.41, 5.74) is 5.31. The van der Waals surface area contributed by atoms with Gasteiger partial charge in [0.05, 0.1) is 0 Å². The molecule has 0 aliphatic heterocycles. The highest BCUT2D eigenvalue weighted by Gasteiger charge is 2.10. The highest BCUT2D eigenvalue weighted by molar-refractivity contribution is 5.20. The number of benzene rings is 1. The first kappa shape index (κ1) is 13.0. The van der Waals surface area contributed by atoms with E-state index in [2.05, 4.69) is 0 Å². The molecule has 0 amide bonds. The third-order valence-electron chi connectivity index (χ3n) is 2.49. The Morgan fingerprint density at radius 1 is 0.875 bits per heavy atom. The van der Waals surface area contributed by atoms with Crippen LogP contribution in [0.2, 0.25) is 0 Å². The van der Waals surface area contributed by atoms with Crippen molar-refractivity contribution in [3.8, 4) is 0 Å². The van der Waals surface area contributed by atoms with Gasteiger partial charge in [-0.3, -0.25) is 0 Å². The van der Waals surface area contributed by atoms with Crippen LogP contribution in [0.15, 0.2) is 12.1 Å². The van der Waals surface area contributed by atoms with E-state index >= 15 is 0 Å². The van der Waals surface area contributed by atoms with Crippen LogP contribution in [-0.4, -0.2) is 6.54 Å². The second-order valence-corrected chi connectivity index (χ2v) is 3.80. The van der Waals surface area contributed by atoms with Gasteiger partial charge in [0.1, 0.15) is 17.5 Å². The quantitative estimate of drug-likeness (QED) is 0.748. The zero-order valence-electron chi connectivity index (χ0n) is 9.11. The molecule has 2 N–H and O–H groups in total. The Labute approximate surface area is 93.5 Å². The predicted octanol–water partition coefficient (Wildman–Crippen LogP) is 3.17. The van der Waals surface area contributed by atoms with Gasteiger partial charge in [0.2, 0.25) is 0 Å². The molecule has 0 fully saturated rings. The molecule has 0 saturated carbocycles. The fourth-order valence-corrected chi connectivity index (χ4v) is 1.61. The van der Waals surface area contributed by atoms with Crippen LogP contribution in [0.25, 0.3) is 0 Å². The Kier molecular flexibility index (Phi) is 5.32. The zero-order valence-corrected chi connectivity index (χ0v) is 9.11. The van der Waals surface area contributed by atoms with Crippen LogP contribution in [-0.2, 0) is 6.42 Å². The molecule has 0 aliphatic carbocycles. The van der Waals surface area contributed by atoms with Gasteiger partial charge in [0.25, 0.3) is 0 Å². The third kappa shape index (κ3) is 3.85. The van der Waals surface area contributed by atoms with E-state index < -0.39 is 17.5 Å². The number of hydrogen-bond acceptors (Lipinski definition) is 1. The summed E-state index contributed by atoms with van der Waals surface area (Å²) in [4.78, 5) is 0. The highest BCUT2D eigenvalue weighted by Crippen LogP contribution is 2.17. The molecule has 0 aliphatic rings.